The summed E-state index contributed by atoms with van der Waals surface area (Å²) in [5.74, 6) is 0. The lowest BCUT2D eigenvalue weighted by atomic mass is 10.1. The van der Waals surface area contributed by atoms with Crippen LogP contribution >= 0.6 is 0 Å². The third kappa shape index (κ3) is 2.78. The van der Waals surface area contributed by atoms with Crippen molar-refractivity contribution in [2.75, 3.05) is 5.01 Å². The van der Waals surface area contributed by atoms with Crippen LogP contribution in [0, 0.1) is 0 Å². The van der Waals surface area contributed by atoms with Crippen LogP contribution in [0.4, 0.5) is 10.5 Å². The minimum absolute atomic E-state index is 0.139. The highest BCUT2D eigenvalue weighted by atomic mass is 16.6. The highest BCUT2D eigenvalue weighted by molar-refractivity contribution is 5.89. The van der Waals surface area contributed by atoms with Gasteiger partial charge in [0.05, 0.1) is 17.4 Å². The summed E-state index contributed by atoms with van der Waals surface area (Å²) in [6.45, 7) is 5.67. The van der Waals surface area contributed by atoms with Crippen LogP contribution < -0.4 is 5.01 Å². The van der Waals surface area contributed by atoms with Crippen molar-refractivity contribution in [1.29, 1.82) is 0 Å². The highest BCUT2D eigenvalue weighted by Gasteiger charge is 2.43. The topological polar surface area (TPSA) is 32.8 Å². The van der Waals surface area contributed by atoms with Crippen molar-refractivity contribution in [2.45, 2.75) is 38.8 Å². The summed E-state index contributed by atoms with van der Waals surface area (Å²) < 4.78 is 5.70. The smallest absolute Gasteiger partial charge is 0.434 e. The number of benzene rings is 2. The molecule has 1 atom stereocenters. The Kier molecular flexibility index (Phi) is 3.57. The minimum Gasteiger partial charge on any atom is -0.442 e. The number of anilines is 1. The normalized spacial score (nSPS) is 18.7. The van der Waals surface area contributed by atoms with Crippen molar-refractivity contribution in [3.63, 3.8) is 0 Å². The summed E-state index contributed by atoms with van der Waals surface area (Å²) in [4.78, 5) is 13.0. The van der Waals surface area contributed by atoms with Gasteiger partial charge in [0.15, 0.2) is 0 Å². The summed E-state index contributed by atoms with van der Waals surface area (Å²) >= 11 is 0. The number of fused-ring (bicyclic) bond motifs is 3. The molecular weight excluding hydrogens is 312 g/mol. The molecule has 0 saturated carbocycles. The van der Waals surface area contributed by atoms with Crippen LogP contribution in [0.2, 0.25) is 0 Å². The van der Waals surface area contributed by atoms with Gasteiger partial charge in [0.1, 0.15) is 5.60 Å². The van der Waals surface area contributed by atoms with Crippen LogP contribution in [0.1, 0.15) is 31.9 Å². The molecule has 25 heavy (non-hydrogen) atoms. The van der Waals surface area contributed by atoms with Gasteiger partial charge in [-0.2, -0.15) is 5.01 Å². The fraction of sp³-hybridized carbons (Fsp3) is 0.286. The number of carbonyl (C=O) groups is 1. The van der Waals surface area contributed by atoms with E-state index >= 15 is 0 Å². The molecule has 2 heterocycles. The molecule has 128 valence electrons. The van der Waals surface area contributed by atoms with Gasteiger partial charge in [-0.15, -0.1) is 0 Å². The second kappa shape index (κ2) is 5.66. The number of carbonyl (C=O) groups excluding carboxylic acids is 1. The first-order chi connectivity index (χ1) is 11.9. The molecule has 2 aromatic rings. The number of hydrazine groups is 1. The second-order valence-corrected chi connectivity index (χ2v) is 7.45. The Morgan fingerprint density at radius 3 is 2.44 bits per heavy atom. The molecule has 0 bridgehead atoms. The lowest BCUT2D eigenvalue weighted by Crippen LogP contribution is -2.46. The van der Waals surface area contributed by atoms with Crippen LogP contribution in [0.5, 0.6) is 0 Å². The van der Waals surface area contributed by atoms with E-state index in [1.54, 1.807) is 5.01 Å². The van der Waals surface area contributed by atoms with Crippen molar-refractivity contribution < 1.29 is 9.53 Å². The molecule has 4 rings (SSSR count). The van der Waals surface area contributed by atoms with Crippen molar-refractivity contribution >= 4 is 17.5 Å². The molecule has 2 aliphatic rings. The number of ether oxygens (including phenoxy) is 1. The molecular formula is C21H22N2O2. The van der Waals surface area contributed by atoms with Crippen LogP contribution in [0.3, 0.4) is 0 Å². The second-order valence-electron chi connectivity index (χ2n) is 7.45. The van der Waals surface area contributed by atoms with E-state index in [-0.39, 0.29) is 12.1 Å². The number of rotatable bonds is 1. The Labute approximate surface area is 148 Å². The van der Waals surface area contributed by atoms with Gasteiger partial charge in [0.25, 0.3) is 0 Å². The van der Waals surface area contributed by atoms with Gasteiger partial charge in [-0.25, -0.2) is 4.79 Å². The molecule has 0 radical (unpaired) electrons. The zero-order valence-electron chi connectivity index (χ0n) is 14.8. The van der Waals surface area contributed by atoms with Gasteiger partial charge >= 0.3 is 6.09 Å². The Hall–Kier alpha value is -2.75. The van der Waals surface area contributed by atoms with E-state index in [1.807, 2.05) is 63.2 Å². The predicted molar refractivity (Wildman–Crippen MR) is 98.9 cm³/mol. The fourth-order valence-corrected chi connectivity index (χ4v) is 3.47. The fourth-order valence-electron chi connectivity index (χ4n) is 3.47. The maximum atomic E-state index is 13.0. The lowest BCUT2D eigenvalue weighted by molar-refractivity contribution is 0.0343. The van der Waals surface area contributed by atoms with Crippen molar-refractivity contribution in [1.82, 2.24) is 5.01 Å². The van der Waals surface area contributed by atoms with E-state index in [0.29, 0.717) is 0 Å². The Bertz CT molecular complexity index is 836. The van der Waals surface area contributed by atoms with Gasteiger partial charge in [-0.3, -0.25) is 5.01 Å². The molecule has 0 aromatic heterocycles. The minimum atomic E-state index is -0.545. The third-order valence-electron chi connectivity index (χ3n) is 4.41. The zero-order chi connectivity index (χ0) is 17.6. The molecule has 0 N–H and O–H groups in total. The Balaban J connectivity index is 1.77. The number of amides is 1. The average molecular weight is 334 g/mol. The number of hydrogen-bond acceptors (Lipinski definition) is 3. The maximum absolute atomic E-state index is 13.0. The zero-order valence-corrected chi connectivity index (χ0v) is 14.8. The SMILES string of the molecule is CC(C)(C)OC(=O)N1C(c2ccccc2)=CC2Cc3ccccc3N21. The molecule has 2 aromatic carbocycles. The molecule has 2 aliphatic heterocycles. The van der Waals surface area contributed by atoms with E-state index in [4.69, 9.17) is 4.74 Å². The first-order valence-corrected chi connectivity index (χ1v) is 8.61. The molecule has 0 fully saturated rings. The highest BCUT2D eigenvalue weighted by Crippen LogP contribution is 2.42. The maximum Gasteiger partial charge on any atom is 0.434 e. The van der Waals surface area contributed by atoms with E-state index in [2.05, 4.69) is 23.2 Å². The van der Waals surface area contributed by atoms with Crippen LogP contribution in [-0.2, 0) is 11.2 Å². The Morgan fingerprint density at radius 1 is 1.04 bits per heavy atom. The van der Waals surface area contributed by atoms with Crippen molar-refractivity contribution in [3.05, 3.63) is 71.8 Å². The summed E-state index contributed by atoms with van der Waals surface area (Å²) in [6.07, 6.45) is 2.72. The largest absolute Gasteiger partial charge is 0.442 e. The standard InChI is InChI=1S/C21H22N2O2/c1-21(2,3)25-20(24)23-19(15-9-5-4-6-10-15)14-17-13-16-11-7-8-12-18(16)22(17)23/h4-12,14,17H,13H2,1-3H3. The van der Waals surface area contributed by atoms with Gasteiger partial charge < -0.3 is 4.74 Å². The first-order valence-electron chi connectivity index (χ1n) is 8.61. The lowest BCUT2D eigenvalue weighted by Gasteiger charge is -2.34. The quantitative estimate of drug-likeness (QED) is 0.762. The summed E-state index contributed by atoms with van der Waals surface area (Å²) in [7, 11) is 0. The van der Waals surface area contributed by atoms with Crippen LogP contribution in [0.25, 0.3) is 5.70 Å². The van der Waals surface area contributed by atoms with Crippen LogP contribution in [0.15, 0.2) is 60.7 Å². The third-order valence-corrected chi connectivity index (χ3v) is 4.41. The molecule has 1 amide bonds. The molecule has 4 nitrogen and oxygen atoms in total. The predicted octanol–water partition coefficient (Wildman–Crippen LogP) is 4.62. The van der Waals surface area contributed by atoms with E-state index in [1.165, 1.54) is 5.56 Å². The van der Waals surface area contributed by atoms with Crippen molar-refractivity contribution in [2.24, 2.45) is 0 Å². The summed E-state index contributed by atoms with van der Waals surface area (Å²) in [6, 6.07) is 18.4. The number of hydrogen-bond donors (Lipinski definition) is 0. The molecule has 0 aliphatic carbocycles. The van der Waals surface area contributed by atoms with E-state index in [0.717, 1.165) is 23.4 Å². The monoisotopic (exact) mass is 334 g/mol. The van der Waals surface area contributed by atoms with E-state index < -0.39 is 5.60 Å². The molecule has 0 saturated heterocycles. The van der Waals surface area contributed by atoms with Gasteiger partial charge in [-0.1, -0.05) is 48.5 Å². The van der Waals surface area contributed by atoms with E-state index in [9.17, 15) is 4.79 Å². The number of nitrogens with zero attached hydrogens (tertiary/aromatic N) is 2. The number of para-hydroxylation sites is 1. The molecule has 4 heteroatoms. The molecule has 1 unspecified atom stereocenters. The van der Waals surface area contributed by atoms with Gasteiger partial charge in [0, 0.05) is 12.0 Å². The summed E-state index contributed by atoms with van der Waals surface area (Å²) in [5, 5.41) is 3.75. The van der Waals surface area contributed by atoms with Gasteiger partial charge in [0.2, 0.25) is 0 Å². The first kappa shape index (κ1) is 15.8. The molecule has 0 spiro atoms. The van der Waals surface area contributed by atoms with Crippen molar-refractivity contribution in [3.8, 4) is 0 Å². The average Bonchev–Trinajstić information content (AvgIpc) is 3.09. The Morgan fingerprint density at radius 2 is 1.72 bits per heavy atom. The summed E-state index contributed by atoms with van der Waals surface area (Å²) in [5.41, 5.74) is 3.68. The van der Waals surface area contributed by atoms with Gasteiger partial charge in [-0.05, 0) is 38.5 Å². The van der Waals surface area contributed by atoms with Crippen LogP contribution in [-0.4, -0.2) is 22.7 Å².